The van der Waals surface area contributed by atoms with Gasteiger partial charge in [-0.25, -0.2) is 15.8 Å². The van der Waals surface area contributed by atoms with Crippen LogP contribution in [-0.2, 0) is 0 Å². The van der Waals surface area contributed by atoms with Gasteiger partial charge < -0.3 is 10.7 Å². The van der Waals surface area contributed by atoms with E-state index in [-0.39, 0.29) is 0 Å². The second-order valence-electron chi connectivity index (χ2n) is 7.02. The SMILES string of the molecule is Cc1c(NN)nc(C(C)C)nc1NCC1CC2CCC1C2. The maximum atomic E-state index is 5.59. The zero-order chi connectivity index (χ0) is 15.0. The van der Waals surface area contributed by atoms with Gasteiger partial charge in [0.1, 0.15) is 17.5 Å². The van der Waals surface area contributed by atoms with E-state index < -0.39 is 0 Å². The van der Waals surface area contributed by atoms with Crippen molar-refractivity contribution in [1.29, 1.82) is 0 Å². The van der Waals surface area contributed by atoms with E-state index in [1.165, 1.54) is 25.7 Å². The zero-order valence-electron chi connectivity index (χ0n) is 13.3. The number of nitrogens with two attached hydrogens (primary N) is 1. The number of anilines is 2. The van der Waals surface area contributed by atoms with Crippen LogP contribution in [0.15, 0.2) is 0 Å². The molecule has 0 radical (unpaired) electrons. The highest BCUT2D eigenvalue weighted by atomic mass is 15.3. The molecule has 0 spiro atoms. The minimum absolute atomic E-state index is 0.292. The first-order chi connectivity index (χ1) is 10.1. The Hall–Kier alpha value is -1.36. The standard InChI is InChI=1S/C16H27N5/c1-9(2)14-19-15(10(3)16(20-14)21-17)18-8-13-7-11-4-5-12(13)6-11/h9,11-13H,4-8,17H2,1-3H3,(H2,18,19,20,21). The number of fused-ring (bicyclic) bond motifs is 2. The first-order valence-electron chi connectivity index (χ1n) is 8.17. The molecule has 0 aliphatic heterocycles. The molecule has 0 aromatic carbocycles. The van der Waals surface area contributed by atoms with Gasteiger partial charge in [0.05, 0.1) is 0 Å². The van der Waals surface area contributed by atoms with Crippen molar-refractivity contribution in [3.63, 3.8) is 0 Å². The topological polar surface area (TPSA) is 75.9 Å². The highest BCUT2D eigenvalue weighted by Crippen LogP contribution is 2.48. The predicted octanol–water partition coefficient (Wildman–Crippen LogP) is 3.04. The third-order valence-electron chi connectivity index (χ3n) is 5.23. The number of hydrogen-bond acceptors (Lipinski definition) is 5. The van der Waals surface area contributed by atoms with Crippen molar-refractivity contribution >= 4 is 11.6 Å². The summed E-state index contributed by atoms with van der Waals surface area (Å²) in [5.41, 5.74) is 3.70. The van der Waals surface area contributed by atoms with Gasteiger partial charge in [-0.15, -0.1) is 0 Å². The Balaban J connectivity index is 1.73. The number of rotatable bonds is 5. The lowest BCUT2D eigenvalue weighted by molar-refractivity contribution is 0.348. The van der Waals surface area contributed by atoms with Gasteiger partial charge in [0.15, 0.2) is 0 Å². The fourth-order valence-electron chi connectivity index (χ4n) is 3.96. The number of nitrogen functional groups attached to an aromatic ring is 1. The summed E-state index contributed by atoms with van der Waals surface area (Å²) in [6, 6.07) is 0. The normalized spacial score (nSPS) is 27.4. The number of hydrazine groups is 1. The van der Waals surface area contributed by atoms with Crippen molar-refractivity contribution in [3.05, 3.63) is 11.4 Å². The average Bonchev–Trinajstić information content (AvgIpc) is 3.08. The van der Waals surface area contributed by atoms with Gasteiger partial charge in [-0.3, -0.25) is 0 Å². The lowest BCUT2D eigenvalue weighted by Gasteiger charge is -2.23. The Bertz CT molecular complexity index is 514. The first kappa shape index (κ1) is 14.6. The van der Waals surface area contributed by atoms with Crippen LogP contribution in [0.3, 0.4) is 0 Å². The number of aromatic nitrogens is 2. The molecule has 0 amide bonds. The minimum Gasteiger partial charge on any atom is -0.369 e. The van der Waals surface area contributed by atoms with Crippen LogP contribution in [-0.4, -0.2) is 16.5 Å². The smallest absolute Gasteiger partial charge is 0.148 e. The Labute approximate surface area is 127 Å². The van der Waals surface area contributed by atoms with Gasteiger partial charge in [-0.1, -0.05) is 20.3 Å². The Morgan fingerprint density at radius 2 is 1.95 bits per heavy atom. The van der Waals surface area contributed by atoms with Crippen LogP contribution < -0.4 is 16.6 Å². The Morgan fingerprint density at radius 3 is 2.52 bits per heavy atom. The second kappa shape index (κ2) is 5.79. The maximum absolute atomic E-state index is 5.59. The van der Waals surface area contributed by atoms with E-state index in [4.69, 9.17) is 5.84 Å². The fraction of sp³-hybridized carbons (Fsp3) is 0.750. The van der Waals surface area contributed by atoms with E-state index >= 15 is 0 Å². The molecule has 2 aliphatic carbocycles. The highest BCUT2D eigenvalue weighted by molar-refractivity contribution is 5.56. The van der Waals surface area contributed by atoms with E-state index in [1.54, 1.807) is 0 Å². The predicted molar refractivity (Wildman–Crippen MR) is 86.1 cm³/mol. The quantitative estimate of drug-likeness (QED) is 0.574. The minimum atomic E-state index is 0.292. The number of nitrogens with zero attached hydrogens (tertiary/aromatic N) is 2. The molecule has 21 heavy (non-hydrogen) atoms. The van der Waals surface area contributed by atoms with Gasteiger partial charge >= 0.3 is 0 Å². The number of hydrogen-bond donors (Lipinski definition) is 3. The molecule has 2 saturated carbocycles. The van der Waals surface area contributed by atoms with Crippen molar-refractivity contribution in [2.45, 2.75) is 52.4 Å². The molecule has 5 nitrogen and oxygen atoms in total. The molecule has 1 heterocycles. The summed E-state index contributed by atoms with van der Waals surface area (Å²) in [5, 5.41) is 3.56. The van der Waals surface area contributed by atoms with Crippen LogP contribution in [0.4, 0.5) is 11.6 Å². The molecule has 2 fully saturated rings. The van der Waals surface area contributed by atoms with E-state index in [0.717, 1.165) is 47.3 Å². The van der Waals surface area contributed by atoms with Gasteiger partial charge in [0.2, 0.25) is 0 Å². The molecular formula is C16H27N5. The van der Waals surface area contributed by atoms with E-state index in [2.05, 4.69) is 34.6 Å². The Kier molecular flexibility index (Phi) is 4.02. The van der Waals surface area contributed by atoms with Gasteiger partial charge in [-0.05, 0) is 43.9 Å². The number of nitrogens with one attached hydrogen (secondary N) is 2. The zero-order valence-corrected chi connectivity index (χ0v) is 13.3. The molecule has 5 heteroatoms. The average molecular weight is 289 g/mol. The molecule has 0 saturated heterocycles. The van der Waals surface area contributed by atoms with Crippen molar-refractivity contribution < 1.29 is 0 Å². The summed E-state index contributed by atoms with van der Waals surface area (Å²) in [4.78, 5) is 9.17. The molecule has 1 aromatic rings. The van der Waals surface area contributed by atoms with Gasteiger partial charge in [0.25, 0.3) is 0 Å². The molecule has 2 bridgehead atoms. The van der Waals surface area contributed by atoms with Crippen molar-refractivity contribution in [3.8, 4) is 0 Å². The van der Waals surface area contributed by atoms with Crippen LogP contribution >= 0.6 is 0 Å². The fourth-order valence-corrected chi connectivity index (χ4v) is 3.96. The third-order valence-corrected chi connectivity index (χ3v) is 5.23. The van der Waals surface area contributed by atoms with E-state index in [1.807, 2.05) is 6.92 Å². The van der Waals surface area contributed by atoms with Crippen molar-refractivity contribution in [2.24, 2.45) is 23.6 Å². The highest BCUT2D eigenvalue weighted by Gasteiger charge is 2.39. The van der Waals surface area contributed by atoms with Crippen LogP contribution in [0, 0.1) is 24.7 Å². The molecule has 3 unspecified atom stereocenters. The van der Waals surface area contributed by atoms with Crippen LogP contribution in [0.2, 0.25) is 0 Å². The maximum Gasteiger partial charge on any atom is 0.148 e. The Morgan fingerprint density at radius 1 is 1.19 bits per heavy atom. The third kappa shape index (κ3) is 2.84. The summed E-state index contributed by atoms with van der Waals surface area (Å²) < 4.78 is 0. The molecule has 4 N–H and O–H groups in total. The molecule has 116 valence electrons. The molecule has 3 rings (SSSR count). The van der Waals surface area contributed by atoms with Crippen LogP contribution in [0.25, 0.3) is 0 Å². The van der Waals surface area contributed by atoms with Crippen molar-refractivity contribution in [2.75, 3.05) is 17.3 Å². The molecular weight excluding hydrogens is 262 g/mol. The summed E-state index contributed by atoms with van der Waals surface area (Å²) in [7, 11) is 0. The second-order valence-corrected chi connectivity index (χ2v) is 7.02. The first-order valence-corrected chi connectivity index (χ1v) is 8.17. The summed E-state index contributed by atoms with van der Waals surface area (Å²) in [6.07, 6.45) is 5.71. The summed E-state index contributed by atoms with van der Waals surface area (Å²) in [6.45, 7) is 7.25. The largest absolute Gasteiger partial charge is 0.369 e. The monoisotopic (exact) mass is 289 g/mol. The molecule has 3 atom stereocenters. The summed E-state index contributed by atoms with van der Waals surface area (Å²) >= 11 is 0. The van der Waals surface area contributed by atoms with Crippen LogP contribution in [0.1, 0.15) is 56.8 Å². The van der Waals surface area contributed by atoms with Crippen LogP contribution in [0.5, 0.6) is 0 Å². The van der Waals surface area contributed by atoms with E-state index in [9.17, 15) is 0 Å². The molecule has 1 aromatic heterocycles. The van der Waals surface area contributed by atoms with Gasteiger partial charge in [-0.2, -0.15) is 0 Å². The van der Waals surface area contributed by atoms with E-state index in [0.29, 0.717) is 5.92 Å². The lowest BCUT2D eigenvalue weighted by Crippen LogP contribution is -2.22. The van der Waals surface area contributed by atoms with Gasteiger partial charge in [0, 0.05) is 18.0 Å². The lowest BCUT2D eigenvalue weighted by atomic mass is 9.89. The summed E-state index contributed by atoms with van der Waals surface area (Å²) in [5.74, 6) is 11.1. The molecule has 2 aliphatic rings. The van der Waals surface area contributed by atoms with Crippen molar-refractivity contribution in [1.82, 2.24) is 9.97 Å².